The van der Waals surface area contributed by atoms with Gasteiger partial charge in [0.1, 0.15) is 0 Å². The van der Waals surface area contributed by atoms with Crippen LogP contribution < -0.4 is 5.32 Å². The van der Waals surface area contributed by atoms with Crippen LogP contribution in [-0.4, -0.2) is 47.1 Å². The van der Waals surface area contributed by atoms with Crippen molar-refractivity contribution in [2.24, 2.45) is 5.92 Å². The normalized spacial score (nSPS) is 23.3. The number of nitrogens with one attached hydrogen (secondary N) is 1. The molecule has 18 heavy (non-hydrogen) atoms. The highest BCUT2D eigenvalue weighted by Gasteiger charge is 2.35. The number of carbonyl (C=O) groups is 2. The molecule has 0 bridgehead atoms. The van der Waals surface area contributed by atoms with Gasteiger partial charge in [-0.1, -0.05) is 0 Å². The fraction of sp³-hybridized carbons (Fsp3) is 0.846. The predicted octanol–water partition coefficient (Wildman–Crippen LogP) is 0.276. The van der Waals surface area contributed by atoms with Crippen molar-refractivity contribution in [2.75, 3.05) is 19.6 Å². The second-order valence-corrected chi connectivity index (χ2v) is 5.58. The maximum atomic E-state index is 11.9. The lowest BCUT2D eigenvalue weighted by atomic mass is 9.80. The van der Waals surface area contributed by atoms with Crippen molar-refractivity contribution in [2.45, 2.75) is 44.6 Å². The fourth-order valence-electron chi connectivity index (χ4n) is 2.61. The Morgan fingerprint density at radius 1 is 1.33 bits per heavy atom. The van der Waals surface area contributed by atoms with Crippen LogP contribution in [0.25, 0.3) is 0 Å². The van der Waals surface area contributed by atoms with Crippen LogP contribution in [0.3, 0.4) is 0 Å². The van der Waals surface area contributed by atoms with Crippen molar-refractivity contribution in [3.05, 3.63) is 0 Å². The van der Waals surface area contributed by atoms with Gasteiger partial charge in [0.05, 0.1) is 5.60 Å². The molecule has 0 aromatic rings. The molecule has 2 aliphatic rings. The first kappa shape index (κ1) is 13.3. The van der Waals surface area contributed by atoms with E-state index in [1.54, 1.807) is 11.8 Å². The third-order valence-corrected chi connectivity index (χ3v) is 4.19. The molecule has 1 aliphatic heterocycles. The van der Waals surface area contributed by atoms with Gasteiger partial charge < -0.3 is 15.3 Å². The van der Waals surface area contributed by atoms with Crippen molar-refractivity contribution in [3.63, 3.8) is 0 Å². The summed E-state index contributed by atoms with van der Waals surface area (Å²) in [6.07, 6.45) is 4.07. The van der Waals surface area contributed by atoms with E-state index < -0.39 is 5.60 Å². The van der Waals surface area contributed by atoms with E-state index in [2.05, 4.69) is 5.32 Å². The van der Waals surface area contributed by atoms with Crippen LogP contribution in [0.4, 0.5) is 0 Å². The Morgan fingerprint density at radius 3 is 2.39 bits per heavy atom. The van der Waals surface area contributed by atoms with E-state index >= 15 is 0 Å². The van der Waals surface area contributed by atoms with Crippen molar-refractivity contribution in [1.29, 1.82) is 0 Å². The van der Waals surface area contributed by atoms with Gasteiger partial charge in [0.15, 0.2) is 0 Å². The molecule has 5 nitrogen and oxygen atoms in total. The molecule has 1 heterocycles. The number of amides is 2. The van der Waals surface area contributed by atoms with Gasteiger partial charge in [0.2, 0.25) is 11.8 Å². The van der Waals surface area contributed by atoms with E-state index in [1.165, 1.54) is 0 Å². The van der Waals surface area contributed by atoms with Gasteiger partial charge in [0.25, 0.3) is 0 Å². The van der Waals surface area contributed by atoms with Gasteiger partial charge >= 0.3 is 0 Å². The minimum absolute atomic E-state index is 0.00993. The standard InChI is InChI=1S/C13H22N2O3/c1-10(16)15-7-3-11(4-8-15)12(17)14-9-13(18)5-2-6-13/h11,18H,2-9H2,1H3,(H,14,17). The number of nitrogens with zero attached hydrogens (tertiary/aromatic N) is 1. The van der Waals surface area contributed by atoms with Gasteiger partial charge in [-0.25, -0.2) is 0 Å². The summed E-state index contributed by atoms with van der Waals surface area (Å²) in [5.74, 6) is 0.0976. The maximum Gasteiger partial charge on any atom is 0.223 e. The lowest BCUT2D eigenvalue weighted by Crippen LogP contribution is -2.50. The average Bonchev–Trinajstić information content (AvgIpc) is 2.33. The third kappa shape index (κ3) is 3.02. The summed E-state index contributed by atoms with van der Waals surface area (Å²) in [5, 5.41) is 12.8. The van der Waals surface area contributed by atoms with Crippen molar-refractivity contribution in [1.82, 2.24) is 10.2 Å². The lowest BCUT2D eigenvalue weighted by Gasteiger charge is -2.37. The molecular weight excluding hydrogens is 232 g/mol. The number of aliphatic hydroxyl groups is 1. The number of hydrogen-bond acceptors (Lipinski definition) is 3. The van der Waals surface area contributed by atoms with Crippen LogP contribution in [0.2, 0.25) is 0 Å². The minimum atomic E-state index is -0.657. The lowest BCUT2D eigenvalue weighted by molar-refractivity contribution is -0.134. The van der Waals surface area contributed by atoms with Crippen molar-refractivity contribution in [3.8, 4) is 0 Å². The largest absolute Gasteiger partial charge is 0.388 e. The zero-order valence-corrected chi connectivity index (χ0v) is 10.9. The van der Waals surface area contributed by atoms with Crippen LogP contribution >= 0.6 is 0 Å². The molecule has 1 saturated carbocycles. The van der Waals surface area contributed by atoms with Crippen LogP contribution in [0.5, 0.6) is 0 Å². The number of piperidine rings is 1. The molecule has 2 N–H and O–H groups in total. The Kier molecular flexibility index (Phi) is 3.90. The van der Waals surface area contributed by atoms with E-state index in [-0.39, 0.29) is 17.7 Å². The SMILES string of the molecule is CC(=O)N1CCC(C(=O)NCC2(O)CCC2)CC1. The van der Waals surface area contributed by atoms with Crippen LogP contribution in [0, 0.1) is 5.92 Å². The zero-order chi connectivity index (χ0) is 13.2. The summed E-state index contributed by atoms with van der Waals surface area (Å²) in [6.45, 7) is 3.26. The molecule has 0 unspecified atom stereocenters. The van der Waals surface area contributed by atoms with Gasteiger partial charge in [-0.05, 0) is 32.1 Å². The molecule has 1 saturated heterocycles. The predicted molar refractivity (Wildman–Crippen MR) is 66.8 cm³/mol. The third-order valence-electron chi connectivity index (χ3n) is 4.19. The van der Waals surface area contributed by atoms with Crippen molar-refractivity contribution >= 4 is 11.8 Å². The summed E-state index contributed by atoms with van der Waals surface area (Å²) >= 11 is 0. The molecule has 0 aromatic heterocycles. The van der Waals surface area contributed by atoms with E-state index in [4.69, 9.17) is 0 Å². The number of rotatable bonds is 3. The van der Waals surface area contributed by atoms with E-state index in [9.17, 15) is 14.7 Å². The Morgan fingerprint density at radius 2 is 1.94 bits per heavy atom. The summed E-state index contributed by atoms with van der Waals surface area (Å²) in [7, 11) is 0. The molecule has 1 aliphatic carbocycles. The van der Waals surface area contributed by atoms with Gasteiger partial charge in [0, 0.05) is 32.5 Å². The quantitative estimate of drug-likeness (QED) is 0.760. The molecule has 0 atom stereocenters. The Balaban J connectivity index is 1.72. The molecule has 0 spiro atoms. The Bertz CT molecular complexity index is 331. The highest BCUT2D eigenvalue weighted by Crippen LogP contribution is 2.30. The topological polar surface area (TPSA) is 69.6 Å². The van der Waals surface area contributed by atoms with E-state index in [1.807, 2.05) is 0 Å². The first-order valence-electron chi connectivity index (χ1n) is 6.76. The summed E-state index contributed by atoms with van der Waals surface area (Å²) in [4.78, 5) is 24.9. The van der Waals surface area contributed by atoms with E-state index in [0.29, 0.717) is 19.6 Å². The fourth-order valence-corrected chi connectivity index (χ4v) is 2.61. The van der Waals surface area contributed by atoms with E-state index in [0.717, 1.165) is 32.1 Å². The second kappa shape index (κ2) is 5.26. The summed E-state index contributed by atoms with van der Waals surface area (Å²) < 4.78 is 0. The number of likely N-dealkylation sites (tertiary alicyclic amines) is 1. The highest BCUT2D eigenvalue weighted by molar-refractivity contribution is 5.79. The van der Waals surface area contributed by atoms with Crippen molar-refractivity contribution < 1.29 is 14.7 Å². The minimum Gasteiger partial charge on any atom is -0.388 e. The highest BCUT2D eigenvalue weighted by atomic mass is 16.3. The molecule has 0 radical (unpaired) electrons. The molecule has 0 aromatic carbocycles. The molecule has 2 rings (SSSR count). The second-order valence-electron chi connectivity index (χ2n) is 5.58. The average molecular weight is 254 g/mol. The molecule has 5 heteroatoms. The number of carbonyl (C=O) groups excluding carboxylic acids is 2. The smallest absolute Gasteiger partial charge is 0.223 e. The first-order valence-corrected chi connectivity index (χ1v) is 6.76. The number of hydrogen-bond donors (Lipinski definition) is 2. The molecular formula is C13H22N2O3. The molecule has 2 fully saturated rings. The van der Waals surface area contributed by atoms with Gasteiger partial charge in [-0.15, -0.1) is 0 Å². The van der Waals surface area contributed by atoms with Crippen LogP contribution in [0.15, 0.2) is 0 Å². The zero-order valence-electron chi connectivity index (χ0n) is 10.9. The van der Waals surface area contributed by atoms with Crippen LogP contribution in [0.1, 0.15) is 39.0 Å². The van der Waals surface area contributed by atoms with Gasteiger partial charge in [-0.3, -0.25) is 9.59 Å². The van der Waals surface area contributed by atoms with Gasteiger partial charge in [-0.2, -0.15) is 0 Å². The summed E-state index contributed by atoms with van der Waals surface area (Å²) in [5.41, 5.74) is -0.657. The first-order chi connectivity index (χ1) is 8.50. The summed E-state index contributed by atoms with van der Waals surface area (Å²) in [6, 6.07) is 0. The Labute approximate surface area is 108 Å². The monoisotopic (exact) mass is 254 g/mol. The van der Waals surface area contributed by atoms with Crippen LogP contribution in [-0.2, 0) is 9.59 Å². The molecule has 102 valence electrons. The Hall–Kier alpha value is -1.10. The molecule has 2 amide bonds. The maximum absolute atomic E-state index is 11.9.